The molecule has 3 heterocycles. The minimum absolute atomic E-state index is 0.0495. The molecule has 1 fully saturated rings. The van der Waals surface area contributed by atoms with Gasteiger partial charge >= 0.3 is 6.03 Å². The summed E-state index contributed by atoms with van der Waals surface area (Å²) in [5.41, 5.74) is 0.627. The normalized spacial score (nSPS) is 16.3. The van der Waals surface area contributed by atoms with Gasteiger partial charge in [0.1, 0.15) is 6.33 Å². The number of halogens is 4. The molecule has 4 rings (SSSR count). The number of carbonyl (C=O) groups excluding carboxylic acids is 1. The topological polar surface area (TPSA) is 83.5 Å². The number of methoxy groups -OCH3 is 1. The van der Waals surface area contributed by atoms with Crippen molar-refractivity contribution in [2.45, 2.75) is 25.6 Å². The summed E-state index contributed by atoms with van der Waals surface area (Å²) < 4.78 is 59.1. The number of ether oxygens (including phenoxy) is 1. The van der Waals surface area contributed by atoms with E-state index in [1.165, 1.54) is 24.4 Å². The number of fused-ring (bicyclic) bond motifs is 1. The summed E-state index contributed by atoms with van der Waals surface area (Å²) in [6, 6.07) is 1.93. The van der Waals surface area contributed by atoms with Crippen LogP contribution in [0.2, 0.25) is 0 Å². The van der Waals surface area contributed by atoms with Crippen molar-refractivity contribution >= 4 is 32.8 Å². The monoisotopic (exact) mass is 470 g/mol. The molecule has 0 spiro atoms. The van der Waals surface area contributed by atoms with E-state index in [0.29, 0.717) is 16.8 Å². The lowest BCUT2D eigenvalue weighted by Crippen LogP contribution is -2.42. The average molecular weight is 470 g/mol. The highest BCUT2D eigenvalue weighted by Crippen LogP contribution is 2.29. The van der Waals surface area contributed by atoms with Gasteiger partial charge < -0.3 is 9.64 Å². The highest BCUT2D eigenvalue weighted by atomic mass is 32.1. The number of amides is 2. The van der Waals surface area contributed by atoms with E-state index in [1.54, 1.807) is 0 Å². The number of thiazole rings is 1. The Morgan fingerprint density at radius 2 is 2.16 bits per heavy atom. The molecule has 0 bridgehead atoms. The van der Waals surface area contributed by atoms with Gasteiger partial charge in [-0.05, 0) is 24.1 Å². The second-order valence-corrected chi connectivity index (χ2v) is 8.05. The molecule has 1 aliphatic heterocycles. The maximum absolute atomic E-state index is 13.7. The number of benzene rings is 1. The van der Waals surface area contributed by atoms with Crippen LogP contribution in [-0.2, 0) is 6.54 Å². The van der Waals surface area contributed by atoms with E-state index in [4.69, 9.17) is 4.74 Å². The molecule has 1 aliphatic rings. The van der Waals surface area contributed by atoms with Crippen LogP contribution >= 0.6 is 11.3 Å². The van der Waals surface area contributed by atoms with Gasteiger partial charge in [0.15, 0.2) is 27.1 Å². The van der Waals surface area contributed by atoms with Gasteiger partial charge in [0.2, 0.25) is 5.88 Å². The Morgan fingerprint density at radius 3 is 2.88 bits per heavy atom. The first-order valence-electron chi connectivity index (χ1n) is 9.55. The number of rotatable bonds is 6. The van der Waals surface area contributed by atoms with Gasteiger partial charge in [-0.15, -0.1) is 0 Å². The van der Waals surface area contributed by atoms with Crippen molar-refractivity contribution in [1.82, 2.24) is 24.8 Å². The molecular weight excluding hydrogens is 452 g/mol. The minimum atomic E-state index is -2.83. The number of hydrogen-bond donors (Lipinski definition) is 1. The lowest BCUT2D eigenvalue weighted by atomic mass is 10.1. The van der Waals surface area contributed by atoms with E-state index < -0.39 is 30.3 Å². The van der Waals surface area contributed by atoms with Crippen LogP contribution in [0.15, 0.2) is 24.5 Å². The van der Waals surface area contributed by atoms with Crippen LogP contribution in [0, 0.1) is 11.6 Å². The fourth-order valence-electron chi connectivity index (χ4n) is 3.51. The van der Waals surface area contributed by atoms with Crippen LogP contribution in [-0.4, -0.2) is 63.6 Å². The number of urea groups is 1. The zero-order chi connectivity index (χ0) is 22.8. The molecule has 3 aromatic rings. The van der Waals surface area contributed by atoms with Gasteiger partial charge in [0.05, 0.1) is 7.11 Å². The quantitative estimate of drug-likeness (QED) is 0.437. The van der Waals surface area contributed by atoms with Crippen LogP contribution < -0.4 is 10.1 Å². The third kappa shape index (κ3) is 4.58. The second-order valence-electron chi connectivity index (χ2n) is 7.07. The van der Waals surface area contributed by atoms with Gasteiger partial charge in [-0.1, -0.05) is 17.4 Å². The predicted molar refractivity (Wildman–Crippen MR) is 109 cm³/mol. The van der Waals surface area contributed by atoms with Crippen molar-refractivity contribution in [2.24, 2.45) is 0 Å². The molecule has 2 amide bonds. The molecule has 32 heavy (non-hydrogen) atoms. The molecule has 1 atom stereocenters. The summed E-state index contributed by atoms with van der Waals surface area (Å²) in [4.78, 5) is 27.7. The molecule has 13 heteroatoms. The Bertz CT molecular complexity index is 1130. The smallest absolute Gasteiger partial charge is 0.323 e. The fraction of sp³-hybridized carbons (Fsp3) is 0.368. The number of anilines is 1. The zero-order valence-corrected chi connectivity index (χ0v) is 17.6. The first-order chi connectivity index (χ1) is 15.4. The summed E-state index contributed by atoms with van der Waals surface area (Å²) >= 11 is 1.13. The van der Waals surface area contributed by atoms with Crippen molar-refractivity contribution in [3.05, 3.63) is 41.7 Å². The molecule has 0 saturated carbocycles. The van der Waals surface area contributed by atoms with Crippen molar-refractivity contribution in [3.63, 3.8) is 0 Å². The molecular formula is C19H18F4N6O2S. The van der Waals surface area contributed by atoms with Crippen molar-refractivity contribution in [3.8, 4) is 5.88 Å². The molecule has 2 aromatic heterocycles. The van der Waals surface area contributed by atoms with Gasteiger partial charge in [-0.2, -0.15) is 13.8 Å². The van der Waals surface area contributed by atoms with E-state index in [2.05, 4.69) is 20.3 Å². The lowest BCUT2D eigenvalue weighted by molar-refractivity contribution is -0.0567. The Hall–Kier alpha value is -3.06. The third-order valence-electron chi connectivity index (χ3n) is 5.09. The number of likely N-dealkylation sites (tertiary alicyclic amines) is 1. The number of nitrogens with zero attached hydrogens (tertiary/aromatic N) is 5. The van der Waals surface area contributed by atoms with Crippen molar-refractivity contribution < 1.29 is 27.1 Å². The number of aromatic nitrogens is 3. The molecule has 0 radical (unpaired) electrons. The maximum Gasteiger partial charge on any atom is 0.323 e. The van der Waals surface area contributed by atoms with Gasteiger partial charge in [-0.25, -0.2) is 28.4 Å². The van der Waals surface area contributed by atoms with E-state index >= 15 is 0 Å². The predicted octanol–water partition coefficient (Wildman–Crippen LogP) is 3.70. The summed E-state index contributed by atoms with van der Waals surface area (Å²) in [6.07, 6.45) is 1.63. The molecule has 1 aromatic carbocycles. The maximum atomic E-state index is 13.7. The Labute approximate surface area is 183 Å². The molecule has 8 nitrogen and oxygen atoms in total. The lowest BCUT2D eigenvalue weighted by Gasteiger charge is -2.28. The second kappa shape index (κ2) is 9.20. The van der Waals surface area contributed by atoms with E-state index in [-0.39, 0.29) is 36.2 Å². The summed E-state index contributed by atoms with van der Waals surface area (Å²) in [5, 5.41) is 2.93. The van der Waals surface area contributed by atoms with Crippen LogP contribution in [0.4, 0.5) is 27.5 Å². The Kier molecular flexibility index (Phi) is 6.37. The molecule has 0 aliphatic carbocycles. The van der Waals surface area contributed by atoms with Crippen molar-refractivity contribution in [1.29, 1.82) is 0 Å². The van der Waals surface area contributed by atoms with Crippen LogP contribution in [0.5, 0.6) is 5.88 Å². The third-order valence-corrected chi connectivity index (χ3v) is 5.97. The van der Waals surface area contributed by atoms with Crippen LogP contribution in [0.25, 0.3) is 10.3 Å². The van der Waals surface area contributed by atoms with E-state index in [1.807, 2.05) is 0 Å². The fourth-order valence-corrected chi connectivity index (χ4v) is 4.30. The van der Waals surface area contributed by atoms with E-state index in [9.17, 15) is 22.4 Å². The van der Waals surface area contributed by atoms with Crippen molar-refractivity contribution in [2.75, 3.05) is 25.5 Å². The van der Waals surface area contributed by atoms with Crippen LogP contribution in [0.1, 0.15) is 12.0 Å². The largest absolute Gasteiger partial charge is 0.479 e. The van der Waals surface area contributed by atoms with Crippen LogP contribution in [0.3, 0.4) is 0 Å². The highest BCUT2D eigenvalue weighted by molar-refractivity contribution is 7.22. The number of alkyl halides is 2. The standard InChI is InChI=1S/C19H18F4N6O2S/c1-31-15-14-16(25-9-24-15)32-18(26-14)27-19(30)28-5-4-11(8-28)29(17(22)23)7-10-2-3-12(20)13(21)6-10/h2-3,6,9,11,17H,4-5,7-8H2,1H3,(H,26,27,30)/t11-/m1/s1. The average Bonchev–Trinajstić information content (AvgIpc) is 3.40. The molecule has 0 unspecified atom stereocenters. The number of hydrogen-bond acceptors (Lipinski definition) is 7. The Morgan fingerprint density at radius 1 is 1.34 bits per heavy atom. The first kappa shape index (κ1) is 22.1. The summed E-state index contributed by atoms with van der Waals surface area (Å²) in [5.74, 6) is -1.86. The zero-order valence-electron chi connectivity index (χ0n) is 16.8. The highest BCUT2D eigenvalue weighted by Gasteiger charge is 2.34. The summed E-state index contributed by atoms with van der Waals surface area (Å²) in [7, 11) is 1.44. The Balaban J connectivity index is 1.42. The number of carbonyl (C=O) groups is 1. The summed E-state index contributed by atoms with van der Waals surface area (Å²) in [6.45, 7) is -2.79. The number of nitrogens with one attached hydrogen (secondary N) is 1. The van der Waals surface area contributed by atoms with Gasteiger partial charge in [0.25, 0.3) is 6.55 Å². The molecule has 1 saturated heterocycles. The van der Waals surface area contributed by atoms with Gasteiger partial charge in [0, 0.05) is 25.7 Å². The van der Waals surface area contributed by atoms with E-state index in [0.717, 1.165) is 28.4 Å². The molecule has 1 N–H and O–H groups in total. The SMILES string of the molecule is COc1ncnc2sc(NC(=O)N3CC[C@@H](N(Cc4ccc(F)c(F)c4)C(F)F)C3)nc12. The first-order valence-corrected chi connectivity index (χ1v) is 10.4. The minimum Gasteiger partial charge on any atom is -0.479 e. The molecule has 170 valence electrons. The van der Waals surface area contributed by atoms with Gasteiger partial charge in [-0.3, -0.25) is 5.32 Å².